The molecule has 1 aliphatic rings. The Morgan fingerprint density at radius 3 is 2.97 bits per heavy atom. The number of thiazole rings is 1. The van der Waals surface area contributed by atoms with E-state index in [1.807, 2.05) is 30.5 Å². The molecule has 7 nitrogen and oxygen atoms in total. The number of anilines is 1. The van der Waals surface area contributed by atoms with Crippen LogP contribution >= 0.6 is 22.7 Å². The Balaban J connectivity index is 1.42. The minimum Gasteiger partial charge on any atom is -0.383 e. The molecule has 5 rings (SSSR count). The average Bonchev–Trinajstić information content (AvgIpc) is 3.60. The monoisotopic (exact) mass is 502 g/mol. The largest absolute Gasteiger partial charge is 0.383 e. The topological polar surface area (TPSA) is 78.5 Å². The number of aromatic nitrogens is 2. The maximum Gasteiger partial charge on any atom is 0.273 e. The Hall–Kier alpha value is -2.24. The van der Waals surface area contributed by atoms with Crippen molar-refractivity contribution in [1.82, 2.24) is 14.9 Å². The summed E-state index contributed by atoms with van der Waals surface area (Å²) >= 11 is 2.89. The zero-order chi connectivity index (χ0) is 23.0. The van der Waals surface area contributed by atoms with Crippen molar-refractivity contribution in [2.75, 3.05) is 31.6 Å². The number of aromatic amines is 1. The molecule has 1 saturated heterocycles. The fraction of sp³-hybridized carbons (Fsp3) is 0.348. The van der Waals surface area contributed by atoms with E-state index in [1.165, 1.54) is 33.4 Å². The third-order valence-corrected chi connectivity index (χ3v) is 10.2. The Kier molecular flexibility index (Phi) is 6.28. The molecule has 1 aromatic carbocycles. The third kappa shape index (κ3) is 4.33. The minimum absolute atomic E-state index is 0.326. The maximum absolute atomic E-state index is 13.1. The molecule has 10 heteroatoms. The fourth-order valence-corrected chi connectivity index (χ4v) is 7.66. The summed E-state index contributed by atoms with van der Waals surface area (Å²) in [5.74, 6) is 0. The Labute approximate surface area is 201 Å². The predicted molar refractivity (Wildman–Crippen MR) is 135 cm³/mol. The van der Waals surface area contributed by atoms with Gasteiger partial charge in [-0.1, -0.05) is 18.2 Å². The van der Waals surface area contributed by atoms with E-state index in [0.717, 1.165) is 41.3 Å². The highest BCUT2D eigenvalue weighted by molar-refractivity contribution is 7.94. The standard InChI is InChI=1S/C23H26N4O3S3/c1-26(33(28,29)21-9-5-11-31-21)20-8-3-6-16-12-19(25-22(16)20)23-24-13-18(32-23)14-27-10-4-7-17(27)15-30-2/h3,5-6,8-9,11-13,17,25H,4,7,10,14-15H2,1-2H3/t17-/m0/s1. The van der Waals surface area contributed by atoms with Gasteiger partial charge < -0.3 is 9.72 Å². The van der Waals surface area contributed by atoms with Crippen LogP contribution in [-0.4, -0.2) is 56.6 Å². The summed E-state index contributed by atoms with van der Waals surface area (Å²) in [4.78, 5) is 11.8. The highest BCUT2D eigenvalue weighted by Crippen LogP contribution is 2.35. The number of nitrogens with one attached hydrogen (secondary N) is 1. The molecule has 0 radical (unpaired) electrons. The van der Waals surface area contributed by atoms with Crippen molar-refractivity contribution < 1.29 is 13.2 Å². The number of methoxy groups -OCH3 is 1. The van der Waals surface area contributed by atoms with Crippen LogP contribution in [0.3, 0.4) is 0 Å². The number of sulfonamides is 1. The molecule has 174 valence electrons. The van der Waals surface area contributed by atoms with E-state index in [-0.39, 0.29) is 0 Å². The van der Waals surface area contributed by atoms with E-state index in [9.17, 15) is 8.42 Å². The van der Waals surface area contributed by atoms with Crippen molar-refractivity contribution in [2.24, 2.45) is 0 Å². The first-order valence-corrected chi connectivity index (χ1v) is 13.9. The molecule has 1 N–H and O–H groups in total. The molecular weight excluding hydrogens is 476 g/mol. The molecule has 0 unspecified atom stereocenters. The van der Waals surface area contributed by atoms with E-state index < -0.39 is 10.0 Å². The molecule has 1 atom stereocenters. The molecule has 4 heterocycles. The second-order valence-electron chi connectivity index (χ2n) is 8.18. The highest BCUT2D eigenvalue weighted by Gasteiger charge is 2.26. The van der Waals surface area contributed by atoms with Crippen LogP contribution in [0.1, 0.15) is 17.7 Å². The smallest absolute Gasteiger partial charge is 0.273 e. The number of rotatable bonds is 8. The van der Waals surface area contributed by atoms with Gasteiger partial charge >= 0.3 is 0 Å². The Morgan fingerprint density at radius 2 is 2.18 bits per heavy atom. The number of para-hydroxylation sites is 1. The number of fused-ring (bicyclic) bond motifs is 1. The molecule has 0 aliphatic carbocycles. The van der Waals surface area contributed by atoms with E-state index >= 15 is 0 Å². The second kappa shape index (κ2) is 9.19. The molecular formula is C23H26N4O3S3. The lowest BCUT2D eigenvalue weighted by molar-refractivity contribution is 0.112. The zero-order valence-corrected chi connectivity index (χ0v) is 21.0. The van der Waals surface area contributed by atoms with E-state index in [1.54, 1.807) is 43.0 Å². The van der Waals surface area contributed by atoms with Crippen LogP contribution in [0.5, 0.6) is 0 Å². The van der Waals surface area contributed by atoms with Gasteiger partial charge in [0.15, 0.2) is 0 Å². The zero-order valence-electron chi connectivity index (χ0n) is 18.5. The fourth-order valence-electron chi connectivity index (χ4n) is 4.38. The first-order chi connectivity index (χ1) is 16.0. The van der Waals surface area contributed by atoms with Gasteiger partial charge in [0.05, 0.1) is 23.5 Å². The molecule has 3 aromatic heterocycles. The second-order valence-corrected chi connectivity index (χ2v) is 12.4. The molecule has 0 spiro atoms. The maximum atomic E-state index is 13.1. The number of nitrogens with zero attached hydrogens (tertiary/aromatic N) is 3. The van der Waals surface area contributed by atoms with Gasteiger partial charge in [-0.2, -0.15) is 0 Å². The first-order valence-electron chi connectivity index (χ1n) is 10.8. The van der Waals surface area contributed by atoms with Crippen LogP contribution in [0.25, 0.3) is 21.6 Å². The number of hydrogen-bond donors (Lipinski definition) is 1. The van der Waals surface area contributed by atoms with Crippen molar-refractivity contribution in [3.8, 4) is 10.7 Å². The van der Waals surface area contributed by atoms with Gasteiger partial charge in [-0.05, 0) is 43.0 Å². The number of thiophene rings is 1. The minimum atomic E-state index is -3.61. The van der Waals surface area contributed by atoms with Crippen LogP contribution in [0.15, 0.2) is 52.2 Å². The van der Waals surface area contributed by atoms with Crippen LogP contribution in [0.4, 0.5) is 5.69 Å². The number of ether oxygens (including phenoxy) is 1. The van der Waals surface area contributed by atoms with E-state index in [0.29, 0.717) is 15.9 Å². The van der Waals surface area contributed by atoms with Gasteiger partial charge in [-0.15, -0.1) is 22.7 Å². The molecule has 0 bridgehead atoms. The van der Waals surface area contributed by atoms with Gasteiger partial charge in [0.1, 0.15) is 9.22 Å². The highest BCUT2D eigenvalue weighted by atomic mass is 32.2. The van der Waals surface area contributed by atoms with Crippen molar-refractivity contribution in [2.45, 2.75) is 29.6 Å². The van der Waals surface area contributed by atoms with Crippen LogP contribution in [0, 0.1) is 0 Å². The van der Waals surface area contributed by atoms with Crippen LogP contribution in [-0.2, 0) is 21.3 Å². The van der Waals surface area contributed by atoms with Gasteiger partial charge in [0.2, 0.25) is 0 Å². The summed E-state index contributed by atoms with van der Waals surface area (Å²) < 4.78 is 33.2. The Bertz CT molecular complexity index is 1340. The van der Waals surface area contributed by atoms with E-state index in [2.05, 4.69) is 14.9 Å². The van der Waals surface area contributed by atoms with Gasteiger partial charge in [0.25, 0.3) is 10.0 Å². The molecule has 33 heavy (non-hydrogen) atoms. The first kappa shape index (κ1) is 22.5. The molecule has 1 aliphatic heterocycles. The molecule has 0 amide bonds. The van der Waals surface area contributed by atoms with Crippen molar-refractivity contribution in [3.05, 3.63) is 52.9 Å². The lowest BCUT2D eigenvalue weighted by atomic mass is 10.2. The summed E-state index contributed by atoms with van der Waals surface area (Å²) in [5.41, 5.74) is 2.29. The number of H-pyrrole nitrogens is 1. The van der Waals surface area contributed by atoms with Crippen molar-refractivity contribution in [3.63, 3.8) is 0 Å². The summed E-state index contributed by atoms with van der Waals surface area (Å²) in [6.07, 6.45) is 4.32. The Morgan fingerprint density at radius 1 is 1.30 bits per heavy atom. The van der Waals surface area contributed by atoms with Gasteiger partial charge in [-0.3, -0.25) is 9.21 Å². The molecule has 4 aromatic rings. The van der Waals surface area contributed by atoms with Crippen molar-refractivity contribution in [1.29, 1.82) is 0 Å². The number of likely N-dealkylation sites (tertiary alicyclic amines) is 1. The quantitative estimate of drug-likeness (QED) is 0.375. The summed E-state index contributed by atoms with van der Waals surface area (Å²) in [6.45, 7) is 2.72. The lowest BCUT2D eigenvalue weighted by Crippen LogP contribution is -2.32. The SMILES string of the molecule is COC[C@@H]1CCCN1Cc1cnc(-c2cc3cccc(N(C)S(=O)(=O)c4cccs4)c3[nH]2)s1. The normalized spacial score (nSPS) is 17.2. The summed E-state index contributed by atoms with van der Waals surface area (Å²) in [5, 5.41) is 3.62. The van der Waals surface area contributed by atoms with E-state index in [4.69, 9.17) is 4.74 Å². The summed E-state index contributed by atoms with van der Waals surface area (Å²) in [7, 11) is -0.258. The molecule has 0 saturated carbocycles. The van der Waals surface area contributed by atoms with Gasteiger partial charge in [0, 0.05) is 43.2 Å². The third-order valence-electron chi connectivity index (χ3n) is 6.08. The van der Waals surface area contributed by atoms with Crippen molar-refractivity contribution >= 4 is 49.3 Å². The molecule has 1 fully saturated rings. The predicted octanol–water partition coefficient (Wildman–Crippen LogP) is 4.79. The number of benzene rings is 1. The number of hydrogen-bond acceptors (Lipinski definition) is 7. The average molecular weight is 503 g/mol. The van der Waals surface area contributed by atoms with Crippen LogP contribution < -0.4 is 4.31 Å². The lowest BCUT2D eigenvalue weighted by Gasteiger charge is -2.22. The summed E-state index contributed by atoms with van der Waals surface area (Å²) in [6, 6.07) is 11.6. The van der Waals surface area contributed by atoms with Gasteiger partial charge in [-0.25, -0.2) is 13.4 Å². The van der Waals surface area contributed by atoms with Crippen LogP contribution in [0.2, 0.25) is 0 Å².